The van der Waals surface area contributed by atoms with E-state index in [1.807, 2.05) is 0 Å². The lowest BCUT2D eigenvalue weighted by Gasteiger charge is -2.22. The second-order valence-electron chi connectivity index (χ2n) is 5.79. The van der Waals surface area contributed by atoms with E-state index in [0.717, 1.165) is 24.6 Å². The summed E-state index contributed by atoms with van der Waals surface area (Å²) < 4.78 is 2.20. The maximum absolute atomic E-state index is 6.19. The molecule has 18 heavy (non-hydrogen) atoms. The fourth-order valence-electron chi connectivity index (χ4n) is 3.24. The molecule has 1 heterocycles. The maximum atomic E-state index is 6.19. The van der Waals surface area contributed by atoms with Crippen molar-refractivity contribution in [1.82, 2.24) is 9.78 Å². The van der Waals surface area contributed by atoms with Crippen LogP contribution >= 0.6 is 0 Å². The van der Waals surface area contributed by atoms with Gasteiger partial charge in [-0.2, -0.15) is 5.10 Å². The van der Waals surface area contributed by atoms with Crippen LogP contribution in [0.4, 0.5) is 0 Å². The monoisotopic (exact) mass is 249 g/mol. The van der Waals surface area contributed by atoms with Crippen LogP contribution in [0.5, 0.6) is 0 Å². The molecule has 2 rings (SSSR count). The van der Waals surface area contributed by atoms with E-state index in [1.54, 1.807) is 0 Å². The first kappa shape index (κ1) is 13.6. The first-order valence-corrected chi connectivity index (χ1v) is 7.43. The molecule has 1 aromatic rings. The van der Waals surface area contributed by atoms with Crippen molar-refractivity contribution >= 4 is 0 Å². The number of rotatable bonds is 4. The molecule has 0 amide bonds. The lowest BCUT2D eigenvalue weighted by Crippen LogP contribution is -2.16. The van der Waals surface area contributed by atoms with Crippen LogP contribution in [0.3, 0.4) is 0 Å². The number of nitrogens with zero attached hydrogens (tertiary/aromatic N) is 2. The van der Waals surface area contributed by atoms with Crippen molar-refractivity contribution in [3.63, 3.8) is 0 Å². The third-order valence-corrected chi connectivity index (χ3v) is 4.40. The zero-order chi connectivity index (χ0) is 13.1. The first-order chi connectivity index (χ1) is 8.63. The third kappa shape index (κ3) is 2.77. The molecule has 1 fully saturated rings. The quantitative estimate of drug-likeness (QED) is 0.887. The lowest BCUT2D eigenvalue weighted by molar-refractivity contribution is 0.305. The summed E-state index contributed by atoms with van der Waals surface area (Å²) in [6, 6.07) is 0.144. The Morgan fingerprint density at radius 1 is 1.28 bits per heavy atom. The first-order valence-electron chi connectivity index (χ1n) is 7.43. The van der Waals surface area contributed by atoms with Gasteiger partial charge in [-0.25, -0.2) is 0 Å². The number of aromatic nitrogens is 2. The summed E-state index contributed by atoms with van der Waals surface area (Å²) in [4.78, 5) is 0. The van der Waals surface area contributed by atoms with Crippen LogP contribution in [-0.2, 0) is 6.54 Å². The van der Waals surface area contributed by atoms with E-state index < -0.39 is 0 Å². The van der Waals surface area contributed by atoms with Gasteiger partial charge in [0.05, 0.1) is 5.69 Å². The zero-order valence-electron chi connectivity index (χ0n) is 12.1. The van der Waals surface area contributed by atoms with Gasteiger partial charge in [0.25, 0.3) is 0 Å². The number of hydrogen-bond donors (Lipinski definition) is 1. The van der Waals surface area contributed by atoms with Crippen molar-refractivity contribution in [3.8, 4) is 0 Å². The molecular formula is C15H27N3. The zero-order valence-corrected chi connectivity index (χ0v) is 12.1. The highest BCUT2D eigenvalue weighted by molar-refractivity contribution is 5.27. The molecule has 3 nitrogen and oxygen atoms in total. The molecule has 102 valence electrons. The Bertz CT molecular complexity index is 389. The average molecular weight is 249 g/mol. The van der Waals surface area contributed by atoms with E-state index in [4.69, 9.17) is 10.8 Å². The van der Waals surface area contributed by atoms with Gasteiger partial charge in [-0.1, -0.05) is 26.2 Å². The largest absolute Gasteiger partial charge is 0.324 e. The van der Waals surface area contributed by atoms with Gasteiger partial charge >= 0.3 is 0 Å². The molecule has 0 saturated heterocycles. The summed E-state index contributed by atoms with van der Waals surface area (Å²) in [6.07, 6.45) is 7.92. The van der Waals surface area contributed by atoms with E-state index in [1.165, 1.54) is 43.4 Å². The topological polar surface area (TPSA) is 43.8 Å². The van der Waals surface area contributed by atoms with Gasteiger partial charge in [0.15, 0.2) is 0 Å². The standard InChI is InChI=1S/C15H27N3/c1-4-14(16)15-11(2)17-18(12(15)3)10-13-8-6-5-7-9-13/h13-14H,4-10,16H2,1-3H3. The van der Waals surface area contributed by atoms with Crippen molar-refractivity contribution in [2.24, 2.45) is 11.7 Å². The summed E-state index contributed by atoms with van der Waals surface area (Å²) >= 11 is 0. The fourth-order valence-corrected chi connectivity index (χ4v) is 3.24. The molecule has 0 aliphatic heterocycles. The van der Waals surface area contributed by atoms with E-state index >= 15 is 0 Å². The smallest absolute Gasteiger partial charge is 0.0644 e. The highest BCUT2D eigenvalue weighted by atomic mass is 15.3. The molecule has 3 heteroatoms. The SMILES string of the molecule is CCC(N)c1c(C)nn(CC2CCCCC2)c1C. The predicted octanol–water partition coefficient (Wildman–Crippen LogP) is 3.49. The maximum Gasteiger partial charge on any atom is 0.0644 e. The lowest BCUT2D eigenvalue weighted by atomic mass is 9.89. The van der Waals surface area contributed by atoms with Crippen LogP contribution in [0.15, 0.2) is 0 Å². The number of hydrogen-bond acceptors (Lipinski definition) is 2. The van der Waals surface area contributed by atoms with Crippen LogP contribution in [0.2, 0.25) is 0 Å². The van der Waals surface area contributed by atoms with Gasteiger partial charge in [-0.3, -0.25) is 4.68 Å². The molecule has 1 unspecified atom stereocenters. The second-order valence-corrected chi connectivity index (χ2v) is 5.79. The second kappa shape index (κ2) is 5.87. The molecular weight excluding hydrogens is 222 g/mol. The van der Waals surface area contributed by atoms with Gasteiger partial charge in [-0.15, -0.1) is 0 Å². The van der Waals surface area contributed by atoms with Crippen LogP contribution in [0.1, 0.15) is 68.4 Å². The van der Waals surface area contributed by atoms with Crippen LogP contribution < -0.4 is 5.73 Å². The molecule has 1 aliphatic rings. The van der Waals surface area contributed by atoms with Crippen molar-refractivity contribution < 1.29 is 0 Å². The van der Waals surface area contributed by atoms with Crippen molar-refractivity contribution in [3.05, 3.63) is 17.0 Å². The summed E-state index contributed by atoms with van der Waals surface area (Å²) in [5, 5.41) is 4.71. The molecule has 1 aliphatic carbocycles. The number of nitrogens with two attached hydrogens (primary N) is 1. The molecule has 1 saturated carbocycles. The molecule has 0 bridgehead atoms. The normalized spacial score (nSPS) is 19.1. The Morgan fingerprint density at radius 3 is 2.56 bits per heavy atom. The van der Waals surface area contributed by atoms with E-state index in [0.29, 0.717) is 0 Å². The van der Waals surface area contributed by atoms with Crippen LogP contribution in [0.25, 0.3) is 0 Å². The van der Waals surface area contributed by atoms with E-state index in [-0.39, 0.29) is 6.04 Å². The minimum Gasteiger partial charge on any atom is -0.324 e. The number of aryl methyl sites for hydroxylation is 1. The van der Waals surface area contributed by atoms with Crippen LogP contribution in [0, 0.1) is 19.8 Å². The summed E-state index contributed by atoms with van der Waals surface area (Å²) in [5.41, 5.74) is 9.87. The average Bonchev–Trinajstić information content (AvgIpc) is 2.65. The van der Waals surface area contributed by atoms with Crippen molar-refractivity contribution in [2.45, 2.75) is 71.9 Å². The molecule has 1 atom stereocenters. The highest BCUT2D eigenvalue weighted by Gasteiger charge is 2.20. The van der Waals surface area contributed by atoms with Gasteiger partial charge in [0, 0.05) is 23.8 Å². The van der Waals surface area contributed by atoms with Crippen molar-refractivity contribution in [2.75, 3.05) is 0 Å². The Hall–Kier alpha value is -0.830. The molecule has 1 aromatic heterocycles. The third-order valence-electron chi connectivity index (χ3n) is 4.40. The highest BCUT2D eigenvalue weighted by Crippen LogP contribution is 2.27. The summed E-state index contributed by atoms with van der Waals surface area (Å²) in [7, 11) is 0. The van der Waals surface area contributed by atoms with Crippen LogP contribution in [-0.4, -0.2) is 9.78 Å². The molecule has 0 spiro atoms. The molecule has 0 radical (unpaired) electrons. The van der Waals surface area contributed by atoms with E-state index in [9.17, 15) is 0 Å². The summed E-state index contributed by atoms with van der Waals surface area (Å²) in [6.45, 7) is 7.49. The fraction of sp³-hybridized carbons (Fsp3) is 0.800. The van der Waals surface area contributed by atoms with E-state index in [2.05, 4.69) is 25.5 Å². The van der Waals surface area contributed by atoms with Gasteiger partial charge in [0.2, 0.25) is 0 Å². The predicted molar refractivity (Wildman–Crippen MR) is 75.5 cm³/mol. The summed E-state index contributed by atoms with van der Waals surface area (Å²) in [5.74, 6) is 0.822. The van der Waals surface area contributed by atoms with Gasteiger partial charge < -0.3 is 5.73 Å². The van der Waals surface area contributed by atoms with Crippen molar-refractivity contribution in [1.29, 1.82) is 0 Å². The van der Waals surface area contributed by atoms with Gasteiger partial charge in [0.1, 0.15) is 0 Å². The minimum absolute atomic E-state index is 0.144. The Balaban J connectivity index is 2.13. The molecule has 0 aromatic carbocycles. The Labute approximate surface area is 111 Å². The minimum atomic E-state index is 0.144. The van der Waals surface area contributed by atoms with Gasteiger partial charge in [-0.05, 0) is 39.0 Å². The molecule has 2 N–H and O–H groups in total. The Morgan fingerprint density at radius 2 is 1.94 bits per heavy atom. The Kier molecular flexibility index (Phi) is 4.44.